The van der Waals surface area contributed by atoms with Crippen LogP contribution in [0.25, 0.3) is 0 Å². The fourth-order valence-electron chi connectivity index (χ4n) is 0.714. The van der Waals surface area contributed by atoms with Gasteiger partial charge in [0.05, 0.1) is 12.8 Å². The molecule has 15 heteroatoms. The molecule has 0 rings (SSSR count). The maximum Gasteiger partial charge on any atom is 1.00 e. The summed E-state index contributed by atoms with van der Waals surface area (Å²) in [6.07, 6.45) is -5.96. The molecule has 0 atom stereocenters. The summed E-state index contributed by atoms with van der Waals surface area (Å²) in [5.41, 5.74) is -2.74. The van der Waals surface area contributed by atoms with Gasteiger partial charge in [-0.25, -0.2) is 14.4 Å². The molecule has 0 amide bonds. The first-order valence-corrected chi connectivity index (χ1v) is 4.47. The summed E-state index contributed by atoms with van der Waals surface area (Å²) in [5.74, 6) is -5.02. The van der Waals surface area contributed by atoms with Crippen molar-refractivity contribution in [3.8, 4) is 0 Å². The van der Waals surface area contributed by atoms with E-state index in [1.54, 1.807) is 0 Å². The van der Waals surface area contributed by atoms with Gasteiger partial charge in [0.15, 0.2) is 5.60 Å². The predicted molar refractivity (Wildman–Crippen MR) is 58.4 cm³/mol. The summed E-state index contributed by atoms with van der Waals surface area (Å²) in [5, 5.41) is 61.7. The van der Waals surface area contributed by atoms with Crippen molar-refractivity contribution in [2.24, 2.45) is 0 Å². The van der Waals surface area contributed by atoms with E-state index in [-0.39, 0.29) is 80.9 Å². The van der Waals surface area contributed by atoms with Crippen LogP contribution >= 0.6 is 0 Å². The molecule has 0 unspecified atom stereocenters. The standard InChI is InChI=1S/C6H8O7.2CH2O3.K.Na/c7-3(8)1-6(13,5(11)12)2-4(9)10;2*2-1(3)4;;/h13H,1-2H2,(H,7,8)(H,9,10)(H,11,12);2*(H2,2,3,4);;/q;;;2*+1. The van der Waals surface area contributed by atoms with Crippen molar-refractivity contribution >= 4 is 30.2 Å². The Kier molecular flexibility index (Phi) is 26.4. The van der Waals surface area contributed by atoms with E-state index in [0.717, 1.165) is 0 Å². The average molecular weight is 378 g/mol. The van der Waals surface area contributed by atoms with Crippen LogP contribution in [-0.4, -0.2) is 76.7 Å². The van der Waals surface area contributed by atoms with Gasteiger partial charge in [0.2, 0.25) is 0 Å². The molecule has 0 aliphatic heterocycles. The Morgan fingerprint density at radius 2 is 0.826 bits per heavy atom. The molecule has 0 saturated carbocycles. The zero-order chi connectivity index (χ0) is 17.8. The molecule has 0 saturated heterocycles. The number of aliphatic hydroxyl groups is 1. The van der Waals surface area contributed by atoms with Crippen LogP contribution < -0.4 is 80.9 Å². The zero-order valence-electron chi connectivity index (χ0n) is 12.0. The van der Waals surface area contributed by atoms with Crippen LogP contribution in [0.4, 0.5) is 9.59 Å². The van der Waals surface area contributed by atoms with E-state index < -0.39 is 48.7 Å². The Labute approximate surface area is 192 Å². The minimum absolute atomic E-state index is 0. The van der Waals surface area contributed by atoms with Gasteiger partial charge in [-0.2, -0.15) is 0 Å². The fraction of sp³-hybridized carbons (Fsp3) is 0.375. The molecule has 0 spiro atoms. The number of carbonyl (C=O) groups is 5. The van der Waals surface area contributed by atoms with Crippen LogP contribution in [0, 0.1) is 0 Å². The van der Waals surface area contributed by atoms with E-state index in [0.29, 0.717) is 0 Å². The van der Waals surface area contributed by atoms with Crippen molar-refractivity contribution in [2.75, 3.05) is 0 Å². The van der Waals surface area contributed by atoms with Crippen LogP contribution in [0.5, 0.6) is 0 Å². The summed E-state index contributed by atoms with van der Waals surface area (Å²) in [6, 6.07) is 0. The Hall–Kier alpha value is -0.454. The van der Waals surface area contributed by atoms with Crippen molar-refractivity contribution in [3.63, 3.8) is 0 Å². The van der Waals surface area contributed by atoms with E-state index in [1.165, 1.54) is 0 Å². The van der Waals surface area contributed by atoms with Gasteiger partial charge >= 0.3 is 111 Å². The molecule has 8 N–H and O–H groups in total. The van der Waals surface area contributed by atoms with Crippen LogP contribution in [0.15, 0.2) is 0 Å². The van der Waals surface area contributed by atoms with E-state index in [4.69, 9.17) is 50.4 Å². The minimum atomic E-state index is -2.74. The van der Waals surface area contributed by atoms with E-state index in [9.17, 15) is 14.4 Å². The first-order valence-electron chi connectivity index (χ1n) is 4.47. The average Bonchev–Trinajstić information content (AvgIpc) is 2.11. The molecule has 122 valence electrons. The van der Waals surface area contributed by atoms with Gasteiger partial charge in [-0.1, -0.05) is 0 Å². The van der Waals surface area contributed by atoms with Crippen molar-refractivity contribution in [2.45, 2.75) is 18.4 Å². The van der Waals surface area contributed by atoms with Gasteiger partial charge in [0, 0.05) is 0 Å². The maximum absolute atomic E-state index is 10.3. The van der Waals surface area contributed by atoms with Gasteiger partial charge in [0.1, 0.15) is 0 Å². The third-order valence-electron chi connectivity index (χ3n) is 1.29. The molecular formula is C8H12KNaO13+2. The molecule has 13 nitrogen and oxygen atoms in total. The fourth-order valence-corrected chi connectivity index (χ4v) is 0.714. The van der Waals surface area contributed by atoms with Crippen molar-refractivity contribution in [1.82, 2.24) is 0 Å². The van der Waals surface area contributed by atoms with E-state index in [2.05, 4.69) is 0 Å². The third-order valence-corrected chi connectivity index (χ3v) is 1.29. The number of aliphatic carboxylic acids is 3. The van der Waals surface area contributed by atoms with Gasteiger partial charge < -0.3 is 40.9 Å². The Morgan fingerprint density at radius 3 is 0.913 bits per heavy atom. The summed E-state index contributed by atoms with van der Waals surface area (Å²) in [4.78, 5) is 47.6. The van der Waals surface area contributed by atoms with Gasteiger partial charge in [-0.3, -0.25) is 9.59 Å². The molecular weight excluding hydrogens is 366 g/mol. The number of hydrogen-bond donors (Lipinski definition) is 8. The molecule has 0 aliphatic rings. The topological polar surface area (TPSA) is 247 Å². The molecule has 0 aromatic rings. The Morgan fingerprint density at radius 1 is 0.652 bits per heavy atom. The second-order valence-electron chi connectivity index (χ2n) is 3.04. The van der Waals surface area contributed by atoms with E-state index >= 15 is 0 Å². The maximum atomic E-state index is 10.3. The second kappa shape index (κ2) is 17.9. The first-order chi connectivity index (χ1) is 9.24. The SMILES string of the molecule is O=C(O)CC(O)(CC(=O)O)C(=O)O.O=C(O)O.O=C(O)O.[K+].[Na+]. The van der Waals surface area contributed by atoms with Crippen LogP contribution in [-0.2, 0) is 14.4 Å². The van der Waals surface area contributed by atoms with Gasteiger partial charge in [0.25, 0.3) is 0 Å². The third kappa shape index (κ3) is 34.1. The molecule has 0 heterocycles. The van der Waals surface area contributed by atoms with E-state index in [1.807, 2.05) is 0 Å². The normalized spacial score (nSPS) is 8.22. The van der Waals surface area contributed by atoms with Crippen LogP contribution in [0.1, 0.15) is 12.8 Å². The molecule has 0 fully saturated rings. The van der Waals surface area contributed by atoms with Crippen LogP contribution in [0.3, 0.4) is 0 Å². The molecule has 0 radical (unpaired) electrons. The van der Waals surface area contributed by atoms with Crippen molar-refractivity contribution < 1.29 is 146 Å². The van der Waals surface area contributed by atoms with Gasteiger partial charge in [-0.05, 0) is 0 Å². The summed E-state index contributed by atoms with van der Waals surface area (Å²) in [6.45, 7) is 0. The smallest absolute Gasteiger partial charge is 0.481 e. The van der Waals surface area contributed by atoms with Crippen molar-refractivity contribution in [3.05, 3.63) is 0 Å². The second-order valence-corrected chi connectivity index (χ2v) is 3.04. The molecule has 0 aromatic heterocycles. The zero-order valence-corrected chi connectivity index (χ0v) is 17.2. The number of rotatable bonds is 5. The largest absolute Gasteiger partial charge is 1.00 e. The molecule has 0 bridgehead atoms. The minimum Gasteiger partial charge on any atom is -0.481 e. The summed E-state index contributed by atoms with van der Waals surface area (Å²) in [7, 11) is 0. The first kappa shape index (κ1) is 34.0. The van der Waals surface area contributed by atoms with Gasteiger partial charge in [-0.15, -0.1) is 0 Å². The summed E-state index contributed by atoms with van der Waals surface area (Å²) < 4.78 is 0. The number of carboxylic acids is 3. The molecule has 0 aliphatic carbocycles. The molecule has 0 aromatic carbocycles. The van der Waals surface area contributed by atoms with Crippen LogP contribution in [0.2, 0.25) is 0 Å². The molecule has 23 heavy (non-hydrogen) atoms. The Balaban J connectivity index is -0.0000000909. The predicted octanol–water partition coefficient (Wildman–Crippen LogP) is -6.80. The number of carboxylic acid groups (broad SMARTS) is 7. The Bertz CT molecular complexity index is 373. The summed E-state index contributed by atoms with van der Waals surface area (Å²) >= 11 is 0. The quantitative estimate of drug-likeness (QED) is 0.207. The monoisotopic (exact) mass is 378 g/mol. The number of hydrogen-bond acceptors (Lipinski definition) is 6. The van der Waals surface area contributed by atoms with Crippen molar-refractivity contribution in [1.29, 1.82) is 0 Å².